The number of carbonyl (C=O) groups excluding carboxylic acids is 2. The van der Waals surface area contributed by atoms with Crippen molar-refractivity contribution in [2.24, 2.45) is 0 Å². The molecule has 1 aromatic heterocycles. The molecule has 2 unspecified atom stereocenters. The smallest absolute Gasteiger partial charge is 0.261 e. The van der Waals surface area contributed by atoms with Crippen molar-refractivity contribution in [3.63, 3.8) is 0 Å². The van der Waals surface area contributed by atoms with E-state index in [4.69, 9.17) is 0 Å². The molecule has 1 aliphatic rings. The predicted octanol–water partition coefficient (Wildman–Crippen LogP) is 2.67. The summed E-state index contributed by atoms with van der Waals surface area (Å²) in [4.78, 5) is 24.9. The Balaban J connectivity index is 1.59. The summed E-state index contributed by atoms with van der Waals surface area (Å²) in [6.07, 6.45) is 1.90. The first-order chi connectivity index (χ1) is 10.6. The lowest BCUT2D eigenvalue weighted by Crippen LogP contribution is -2.45. The zero-order chi connectivity index (χ0) is 15.5. The Morgan fingerprint density at radius 3 is 2.82 bits per heavy atom. The van der Waals surface area contributed by atoms with Gasteiger partial charge in [-0.15, -0.1) is 11.3 Å². The highest BCUT2D eigenvalue weighted by atomic mass is 32.1. The van der Waals surface area contributed by atoms with Crippen LogP contribution in [0.4, 0.5) is 0 Å². The van der Waals surface area contributed by atoms with E-state index in [0.29, 0.717) is 4.88 Å². The number of amides is 2. The minimum absolute atomic E-state index is 0.0461. The number of carbonyl (C=O) groups is 2. The van der Waals surface area contributed by atoms with Crippen LogP contribution in [-0.4, -0.2) is 17.9 Å². The average molecular weight is 314 g/mol. The van der Waals surface area contributed by atoms with E-state index in [-0.39, 0.29) is 17.9 Å². The van der Waals surface area contributed by atoms with Gasteiger partial charge in [0, 0.05) is 0 Å². The summed E-state index contributed by atoms with van der Waals surface area (Å²) < 4.78 is 0. The summed E-state index contributed by atoms with van der Waals surface area (Å²) in [5, 5.41) is 7.62. The molecule has 5 heteroatoms. The van der Waals surface area contributed by atoms with Gasteiger partial charge in [-0.1, -0.05) is 30.3 Å². The number of fused-ring (bicyclic) bond motifs is 1. The van der Waals surface area contributed by atoms with Gasteiger partial charge in [-0.3, -0.25) is 9.59 Å². The van der Waals surface area contributed by atoms with Crippen molar-refractivity contribution in [1.82, 2.24) is 10.6 Å². The third kappa shape index (κ3) is 3.04. The first-order valence-corrected chi connectivity index (χ1v) is 8.25. The van der Waals surface area contributed by atoms with Crippen molar-refractivity contribution < 1.29 is 9.59 Å². The van der Waals surface area contributed by atoms with Crippen LogP contribution in [0.3, 0.4) is 0 Å². The van der Waals surface area contributed by atoms with Gasteiger partial charge < -0.3 is 10.6 Å². The molecule has 3 rings (SSSR count). The van der Waals surface area contributed by atoms with E-state index in [9.17, 15) is 9.59 Å². The summed E-state index contributed by atoms with van der Waals surface area (Å²) >= 11 is 1.36. The number of rotatable bonds is 4. The maximum Gasteiger partial charge on any atom is 0.261 e. The highest BCUT2D eigenvalue weighted by molar-refractivity contribution is 7.12. The van der Waals surface area contributed by atoms with Crippen molar-refractivity contribution in [3.8, 4) is 0 Å². The molecule has 1 heterocycles. The van der Waals surface area contributed by atoms with Crippen LogP contribution in [-0.2, 0) is 11.2 Å². The first kappa shape index (κ1) is 14.8. The largest absolute Gasteiger partial charge is 0.348 e. The molecule has 0 saturated heterocycles. The maximum absolute atomic E-state index is 12.3. The molecule has 0 aliphatic heterocycles. The molecule has 2 N–H and O–H groups in total. The van der Waals surface area contributed by atoms with Gasteiger partial charge in [-0.05, 0) is 42.3 Å². The molecule has 4 nitrogen and oxygen atoms in total. The van der Waals surface area contributed by atoms with Crippen molar-refractivity contribution in [2.75, 3.05) is 0 Å². The highest BCUT2D eigenvalue weighted by Gasteiger charge is 2.26. The van der Waals surface area contributed by atoms with Gasteiger partial charge in [0.25, 0.3) is 5.91 Å². The van der Waals surface area contributed by atoms with Gasteiger partial charge in [0.15, 0.2) is 0 Å². The molecular formula is C17H18N2O2S. The molecule has 2 atom stereocenters. The van der Waals surface area contributed by atoms with Crippen LogP contribution >= 0.6 is 11.3 Å². The van der Waals surface area contributed by atoms with Crippen LogP contribution in [0, 0.1) is 0 Å². The molecule has 0 fully saturated rings. The number of thiophene rings is 1. The fraction of sp³-hybridized carbons (Fsp3) is 0.294. The summed E-state index contributed by atoms with van der Waals surface area (Å²) in [5.41, 5.74) is 2.48. The number of benzene rings is 1. The van der Waals surface area contributed by atoms with Crippen molar-refractivity contribution in [2.45, 2.75) is 31.8 Å². The summed E-state index contributed by atoms with van der Waals surface area (Å²) in [5.74, 6) is -0.351. The van der Waals surface area contributed by atoms with E-state index in [1.165, 1.54) is 22.5 Å². The van der Waals surface area contributed by atoms with Crippen LogP contribution in [0.15, 0.2) is 41.8 Å². The highest BCUT2D eigenvalue weighted by Crippen LogP contribution is 2.30. The van der Waals surface area contributed by atoms with Gasteiger partial charge >= 0.3 is 0 Å². The van der Waals surface area contributed by atoms with Crippen molar-refractivity contribution >= 4 is 23.2 Å². The Kier molecular flexibility index (Phi) is 4.24. The molecule has 114 valence electrons. The van der Waals surface area contributed by atoms with E-state index >= 15 is 0 Å². The van der Waals surface area contributed by atoms with E-state index in [2.05, 4.69) is 22.8 Å². The van der Waals surface area contributed by atoms with Gasteiger partial charge in [0.1, 0.15) is 6.04 Å². The molecule has 1 aliphatic carbocycles. The number of aryl methyl sites for hydroxylation is 1. The van der Waals surface area contributed by atoms with Crippen LogP contribution in [0.1, 0.15) is 40.2 Å². The van der Waals surface area contributed by atoms with Crippen molar-refractivity contribution in [3.05, 3.63) is 57.8 Å². The van der Waals surface area contributed by atoms with Crippen LogP contribution in [0.2, 0.25) is 0 Å². The second-order valence-electron chi connectivity index (χ2n) is 5.47. The lowest BCUT2D eigenvalue weighted by molar-refractivity contribution is -0.123. The predicted molar refractivity (Wildman–Crippen MR) is 86.9 cm³/mol. The summed E-state index contributed by atoms with van der Waals surface area (Å²) in [7, 11) is 0. The third-order valence-electron chi connectivity index (χ3n) is 3.94. The molecular weight excluding hydrogens is 296 g/mol. The van der Waals surface area contributed by atoms with Gasteiger partial charge in [0.2, 0.25) is 5.91 Å². The normalized spacial score (nSPS) is 17.6. The second kappa shape index (κ2) is 6.32. The lowest BCUT2D eigenvalue weighted by atomic mass is 10.1. The van der Waals surface area contributed by atoms with Crippen molar-refractivity contribution in [1.29, 1.82) is 0 Å². The second-order valence-corrected chi connectivity index (χ2v) is 6.42. The molecule has 0 bridgehead atoms. The van der Waals surface area contributed by atoms with Crippen LogP contribution in [0.5, 0.6) is 0 Å². The summed E-state index contributed by atoms with van der Waals surface area (Å²) in [6, 6.07) is 11.2. The fourth-order valence-corrected chi connectivity index (χ4v) is 3.37. The molecule has 2 aromatic rings. The Labute approximate surface area is 133 Å². The molecule has 0 saturated carbocycles. The Bertz CT molecular complexity index is 682. The number of hydrogen-bond donors (Lipinski definition) is 2. The Hall–Kier alpha value is -2.14. The molecule has 0 spiro atoms. The summed E-state index contributed by atoms with van der Waals surface area (Å²) in [6.45, 7) is 1.71. The number of nitrogens with one attached hydrogen (secondary N) is 2. The lowest BCUT2D eigenvalue weighted by Gasteiger charge is -2.18. The van der Waals surface area contributed by atoms with Gasteiger partial charge in [-0.2, -0.15) is 0 Å². The topological polar surface area (TPSA) is 58.2 Å². The zero-order valence-corrected chi connectivity index (χ0v) is 13.2. The zero-order valence-electron chi connectivity index (χ0n) is 12.3. The molecule has 22 heavy (non-hydrogen) atoms. The monoisotopic (exact) mass is 314 g/mol. The standard InChI is InChI=1S/C17H18N2O2S/c1-11(18-17(21)15-7-4-10-22-15)16(20)19-14-9-8-12-5-2-3-6-13(12)14/h2-7,10-11,14H,8-9H2,1H3,(H,18,21)(H,19,20). The van der Waals surface area contributed by atoms with E-state index in [1.807, 2.05) is 23.6 Å². The minimum atomic E-state index is -0.553. The first-order valence-electron chi connectivity index (χ1n) is 7.37. The average Bonchev–Trinajstić information content (AvgIpc) is 3.17. The van der Waals surface area contributed by atoms with Crippen LogP contribution in [0.25, 0.3) is 0 Å². The SMILES string of the molecule is CC(NC(=O)c1cccs1)C(=O)NC1CCc2ccccc21. The quantitative estimate of drug-likeness (QED) is 0.911. The molecule has 1 aromatic carbocycles. The van der Waals surface area contributed by atoms with Crippen LogP contribution < -0.4 is 10.6 Å². The maximum atomic E-state index is 12.3. The Morgan fingerprint density at radius 2 is 2.05 bits per heavy atom. The Morgan fingerprint density at radius 1 is 1.23 bits per heavy atom. The van der Waals surface area contributed by atoms with E-state index in [1.54, 1.807) is 13.0 Å². The third-order valence-corrected chi connectivity index (χ3v) is 4.80. The van der Waals surface area contributed by atoms with Gasteiger partial charge in [-0.25, -0.2) is 0 Å². The fourth-order valence-electron chi connectivity index (χ4n) is 2.74. The number of hydrogen-bond acceptors (Lipinski definition) is 3. The van der Waals surface area contributed by atoms with Gasteiger partial charge in [0.05, 0.1) is 10.9 Å². The van der Waals surface area contributed by atoms with E-state index in [0.717, 1.165) is 12.8 Å². The molecule has 0 radical (unpaired) electrons. The molecule has 2 amide bonds. The van der Waals surface area contributed by atoms with E-state index < -0.39 is 6.04 Å². The minimum Gasteiger partial charge on any atom is -0.348 e.